The lowest BCUT2D eigenvalue weighted by molar-refractivity contribution is 0.0919. The number of rotatable bonds is 4. The van der Waals surface area contributed by atoms with E-state index in [2.05, 4.69) is 22.7 Å². The Kier molecular flexibility index (Phi) is 6.14. The summed E-state index contributed by atoms with van der Waals surface area (Å²) in [6.45, 7) is 5.13. The van der Waals surface area contributed by atoms with Crippen molar-refractivity contribution in [3.63, 3.8) is 0 Å². The van der Waals surface area contributed by atoms with Crippen molar-refractivity contribution in [2.45, 2.75) is 57.5 Å². The highest BCUT2D eigenvalue weighted by Gasteiger charge is 2.34. The van der Waals surface area contributed by atoms with E-state index in [1.54, 1.807) is 6.20 Å². The van der Waals surface area contributed by atoms with Crippen molar-refractivity contribution in [1.82, 2.24) is 20.4 Å². The molecule has 2 heterocycles. The summed E-state index contributed by atoms with van der Waals surface area (Å²) in [5, 5.41) is 11.9. The van der Waals surface area contributed by atoms with Gasteiger partial charge in [-0.2, -0.15) is 5.10 Å². The van der Waals surface area contributed by atoms with Crippen molar-refractivity contribution in [3.8, 4) is 5.69 Å². The number of aryl methyl sites for hydroxylation is 1. The zero-order valence-corrected chi connectivity index (χ0v) is 17.2. The molecule has 7 heteroatoms. The summed E-state index contributed by atoms with van der Waals surface area (Å²) in [5.74, 6) is 0.386. The van der Waals surface area contributed by atoms with E-state index in [0.29, 0.717) is 22.5 Å². The average molecular weight is 409 g/mol. The van der Waals surface area contributed by atoms with E-state index < -0.39 is 0 Å². The maximum atomic E-state index is 13.0. The standard InChI is InChI=1S/C20H25ClN4O.ClH/c1-12-5-8-15(10-17(12)21)25-19(14-6-7-14)16(11-23-25)20(26)24-18-4-3-9-22-13(18)2;/h5,8,10-11,13-14,18,22H,3-4,6-7,9H2,1-2H3,(H,24,26);1H. The van der Waals surface area contributed by atoms with Crippen LogP contribution in [0.5, 0.6) is 0 Å². The zero-order chi connectivity index (χ0) is 18.3. The first-order valence-electron chi connectivity index (χ1n) is 9.43. The maximum Gasteiger partial charge on any atom is 0.255 e. The molecule has 1 amide bonds. The van der Waals surface area contributed by atoms with E-state index in [-0.39, 0.29) is 24.4 Å². The van der Waals surface area contributed by atoms with Crippen molar-refractivity contribution in [1.29, 1.82) is 0 Å². The fourth-order valence-corrected chi connectivity index (χ4v) is 3.86. The largest absolute Gasteiger partial charge is 0.348 e. The van der Waals surface area contributed by atoms with Crippen molar-refractivity contribution in [3.05, 3.63) is 46.2 Å². The van der Waals surface area contributed by atoms with Crippen molar-refractivity contribution in [2.24, 2.45) is 0 Å². The van der Waals surface area contributed by atoms with Gasteiger partial charge in [0.25, 0.3) is 5.91 Å². The highest BCUT2D eigenvalue weighted by molar-refractivity contribution is 6.31. The summed E-state index contributed by atoms with van der Waals surface area (Å²) in [6.07, 6.45) is 6.02. The minimum Gasteiger partial charge on any atom is -0.348 e. The summed E-state index contributed by atoms with van der Waals surface area (Å²) < 4.78 is 1.89. The van der Waals surface area contributed by atoms with Gasteiger partial charge in [-0.05, 0) is 63.8 Å². The zero-order valence-electron chi connectivity index (χ0n) is 15.7. The number of carbonyl (C=O) groups excluding carboxylic acids is 1. The first kappa shape index (κ1) is 20.2. The molecule has 5 nitrogen and oxygen atoms in total. The van der Waals surface area contributed by atoms with Gasteiger partial charge in [0, 0.05) is 23.0 Å². The third-order valence-electron chi connectivity index (χ3n) is 5.49. The van der Waals surface area contributed by atoms with Crippen LogP contribution in [0.2, 0.25) is 5.02 Å². The summed E-state index contributed by atoms with van der Waals surface area (Å²) in [6, 6.07) is 6.38. The quantitative estimate of drug-likeness (QED) is 0.803. The molecular formula is C20H26Cl2N4O. The number of piperidine rings is 1. The second kappa shape index (κ2) is 8.21. The first-order valence-corrected chi connectivity index (χ1v) is 9.81. The third-order valence-corrected chi connectivity index (χ3v) is 5.90. The van der Waals surface area contributed by atoms with Crippen LogP contribution in [-0.4, -0.2) is 34.3 Å². The Morgan fingerprint density at radius 2 is 2.11 bits per heavy atom. The lowest BCUT2D eigenvalue weighted by atomic mass is 9.99. The molecule has 2 aromatic rings. The van der Waals surface area contributed by atoms with Crippen LogP contribution in [0, 0.1) is 6.92 Å². The van der Waals surface area contributed by atoms with Crippen LogP contribution >= 0.6 is 24.0 Å². The molecule has 27 heavy (non-hydrogen) atoms. The van der Waals surface area contributed by atoms with Crippen molar-refractivity contribution in [2.75, 3.05) is 6.54 Å². The maximum absolute atomic E-state index is 13.0. The SMILES string of the molecule is Cc1ccc(-n2ncc(C(=O)NC3CCCNC3C)c2C2CC2)cc1Cl.Cl. The Hall–Kier alpha value is -1.56. The number of nitrogens with one attached hydrogen (secondary N) is 2. The van der Waals surface area contributed by atoms with E-state index in [9.17, 15) is 4.79 Å². The van der Waals surface area contributed by atoms with Gasteiger partial charge in [0.2, 0.25) is 0 Å². The van der Waals surface area contributed by atoms with Crippen LogP contribution in [0.1, 0.15) is 60.1 Å². The van der Waals surface area contributed by atoms with Crippen molar-refractivity contribution >= 4 is 29.9 Å². The highest BCUT2D eigenvalue weighted by Crippen LogP contribution is 2.42. The van der Waals surface area contributed by atoms with E-state index in [0.717, 1.165) is 49.2 Å². The fourth-order valence-electron chi connectivity index (χ4n) is 3.69. The van der Waals surface area contributed by atoms with Crippen LogP contribution in [0.4, 0.5) is 0 Å². The molecule has 1 aromatic carbocycles. The molecule has 0 bridgehead atoms. The Balaban J connectivity index is 0.00000210. The van der Waals surface area contributed by atoms with Crippen LogP contribution in [0.3, 0.4) is 0 Å². The van der Waals surface area contributed by atoms with Gasteiger partial charge < -0.3 is 10.6 Å². The van der Waals surface area contributed by atoms with E-state index in [1.165, 1.54) is 0 Å². The van der Waals surface area contributed by atoms with Gasteiger partial charge in [0.05, 0.1) is 23.1 Å². The van der Waals surface area contributed by atoms with Crippen LogP contribution in [0.15, 0.2) is 24.4 Å². The van der Waals surface area contributed by atoms with Gasteiger partial charge in [-0.1, -0.05) is 17.7 Å². The molecule has 146 valence electrons. The molecule has 2 fully saturated rings. The fraction of sp³-hybridized carbons (Fsp3) is 0.500. The number of carbonyl (C=O) groups is 1. The Morgan fingerprint density at radius 3 is 2.78 bits per heavy atom. The molecule has 0 spiro atoms. The third kappa shape index (κ3) is 4.15. The van der Waals surface area contributed by atoms with Gasteiger partial charge in [-0.25, -0.2) is 4.68 Å². The molecule has 1 saturated heterocycles. The number of amides is 1. The van der Waals surface area contributed by atoms with Gasteiger partial charge in [-0.15, -0.1) is 12.4 Å². The molecule has 2 aliphatic rings. The summed E-state index contributed by atoms with van der Waals surface area (Å²) in [5.41, 5.74) is 3.65. The molecule has 1 aliphatic carbocycles. The molecule has 2 atom stereocenters. The van der Waals surface area contributed by atoms with Crippen LogP contribution in [0.25, 0.3) is 5.69 Å². The summed E-state index contributed by atoms with van der Waals surface area (Å²) in [4.78, 5) is 13.0. The Labute approximate surface area is 171 Å². The number of halogens is 2. The lowest BCUT2D eigenvalue weighted by Gasteiger charge is -2.30. The van der Waals surface area contributed by atoms with E-state index in [1.807, 2.05) is 29.8 Å². The second-order valence-corrected chi connectivity index (χ2v) is 7.94. The van der Waals surface area contributed by atoms with E-state index >= 15 is 0 Å². The molecule has 1 saturated carbocycles. The molecule has 1 aromatic heterocycles. The number of benzene rings is 1. The number of nitrogens with zero attached hydrogens (tertiary/aromatic N) is 2. The average Bonchev–Trinajstić information content (AvgIpc) is 3.37. The van der Waals surface area contributed by atoms with E-state index in [4.69, 9.17) is 11.6 Å². The van der Waals surface area contributed by atoms with Crippen LogP contribution < -0.4 is 10.6 Å². The minimum absolute atomic E-state index is 0. The monoisotopic (exact) mass is 408 g/mol. The lowest BCUT2D eigenvalue weighted by Crippen LogP contribution is -2.52. The topological polar surface area (TPSA) is 59.0 Å². The van der Waals surface area contributed by atoms with Gasteiger partial charge in [0.15, 0.2) is 0 Å². The minimum atomic E-state index is -0.0168. The molecular weight excluding hydrogens is 383 g/mol. The molecule has 2 unspecified atom stereocenters. The number of hydrogen-bond donors (Lipinski definition) is 2. The van der Waals surface area contributed by atoms with Gasteiger partial charge in [-0.3, -0.25) is 4.79 Å². The summed E-state index contributed by atoms with van der Waals surface area (Å²) in [7, 11) is 0. The normalized spacial score (nSPS) is 22.2. The molecule has 2 N–H and O–H groups in total. The number of aromatic nitrogens is 2. The van der Waals surface area contributed by atoms with Crippen molar-refractivity contribution < 1.29 is 4.79 Å². The van der Waals surface area contributed by atoms with Gasteiger partial charge >= 0.3 is 0 Å². The van der Waals surface area contributed by atoms with Gasteiger partial charge in [0.1, 0.15) is 0 Å². The number of hydrogen-bond acceptors (Lipinski definition) is 3. The van der Waals surface area contributed by atoms with Crippen LogP contribution in [-0.2, 0) is 0 Å². The molecule has 4 rings (SSSR count). The molecule has 1 aliphatic heterocycles. The smallest absolute Gasteiger partial charge is 0.255 e. The Bertz CT molecular complexity index is 831. The molecule has 0 radical (unpaired) electrons. The highest BCUT2D eigenvalue weighted by atomic mass is 35.5. The Morgan fingerprint density at radius 1 is 1.33 bits per heavy atom. The predicted molar refractivity (Wildman–Crippen MR) is 110 cm³/mol. The summed E-state index contributed by atoms with van der Waals surface area (Å²) >= 11 is 6.30. The second-order valence-electron chi connectivity index (χ2n) is 7.53. The predicted octanol–water partition coefficient (Wildman–Crippen LogP) is 4.00. The first-order chi connectivity index (χ1) is 12.5.